The van der Waals surface area contributed by atoms with Crippen molar-refractivity contribution >= 4 is 18.3 Å². The number of likely N-dealkylation sites (tertiary alicyclic amines) is 1. The average molecular weight is 315 g/mol. The predicted octanol–water partition coefficient (Wildman–Crippen LogP) is 1.53. The van der Waals surface area contributed by atoms with Crippen molar-refractivity contribution in [3.63, 3.8) is 0 Å². The number of esters is 1. The van der Waals surface area contributed by atoms with E-state index in [1.165, 1.54) is 7.11 Å². The van der Waals surface area contributed by atoms with E-state index in [0.717, 1.165) is 0 Å². The monoisotopic (exact) mass is 315 g/mol. The van der Waals surface area contributed by atoms with Crippen LogP contribution in [0.25, 0.3) is 0 Å². The van der Waals surface area contributed by atoms with Crippen LogP contribution >= 0.6 is 0 Å². The van der Waals surface area contributed by atoms with E-state index in [4.69, 9.17) is 14.2 Å². The first-order valence-corrected chi connectivity index (χ1v) is 7.38. The molecule has 0 N–H and O–H groups in total. The highest BCUT2D eigenvalue weighted by atomic mass is 16.6. The van der Waals surface area contributed by atoms with Crippen molar-refractivity contribution in [3.05, 3.63) is 0 Å². The molecule has 1 saturated heterocycles. The summed E-state index contributed by atoms with van der Waals surface area (Å²) in [5, 5.41) is 0. The second-order valence-electron chi connectivity index (χ2n) is 6.28. The van der Waals surface area contributed by atoms with E-state index >= 15 is 0 Å². The first-order chi connectivity index (χ1) is 10.2. The molecule has 1 unspecified atom stereocenters. The second-order valence-corrected chi connectivity index (χ2v) is 6.28. The number of amides is 1. The molecule has 126 valence electrons. The van der Waals surface area contributed by atoms with Gasteiger partial charge in [0.15, 0.2) is 5.60 Å². The minimum atomic E-state index is -1.17. The fraction of sp³-hybridized carbons (Fsp3) is 0.800. The Morgan fingerprint density at radius 3 is 2.45 bits per heavy atom. The van der Waals surface area contributed by atoms with Crippen LogP contribution in [0.5, 0.6) is 0 Å². The Hall–Kier alpha value is -1.63. The number of nitrogens with zero attached hydrogens (tertiary/aromatic N) is 1. The van der Waals surface area contributed by atoms with Crippen molar-refractivity contribution in [1.82, 2.24) is 4.90 Å². The SMILES string of the molecule is COC(=O)C1(OCC=O)CCCN(C(=O)OC(C)(C)C)CC1. The lowest BCUT2D eigenvalue weighted by Gasteiger charge is -2.29. The van der Waals surface area contributed by atoms with Gasteiger partial charge in [0.05, 0.1) is 7.11 Å². The molecule has 22 heavy (non-hydrogen) atoms. The van der Waals surface area contributed by atoms with Crippen LogP contribution in [-0.2, 0) is 23.8 Å². The summed E-state index contributed by atoms with van der Waals surface area (Å²) in [6.07, 6.45) is 1.41. The third-order valence-corrected chi connectivity index (χ3v) is 3.43. The Morgan fingerprint density at radius 1 is 1.23 bits per heavy atom. The minimum absolute atomic E-state index is 0.179. The van der Waals surface area contributed by atoms with E-state index in [0.29, 0.717) is 32.2 Å². The van der Waals surface area contributed by atoms with Crippen LogP contribution in [0.3, 0.4) is 0 Å². The predicted molar refractivity (Wildman–Crippen MR) is 78.4 cm³/mol. The maximum absolute atomic E-state index is 12.1. The van der Waals surface area contributed by atoms with Gasteiger partial charge in [0.2, 0.25) is 0 Å². The molecular weight excluding hydrogens is 290 g/mol. The molecule has 0 aromatic rings. The normalized spacial score (nSPS) is 22.6. The molecule has 7 nitrogen and oxygen atoms in total. The Morgan fingerprint density at radius 2 is 1.91 bits per heavy atom. The van der Waals surface area contributed by atoms with Crippen LogP contribution in [-0.4, -0.2) is 61.3 Å². The maximum atomic E-state index is 12.1. The topological polar surface area (TPSA) is 82.1 Å². The summed E-state index contributed by atoms with van der Waals surface area (Å²) in [6, 6.07) is 0. The average Bonchev–Trinajstić information content (AvgIpc) is 2.66. The summed E-state index contributed by atoms with van der Waals surface area (Å²) >= 11 is 0. The molecule has 0 bridgehead atoms. The zero-order valence-corrected chi connectivity index (χ0v) is 13.7. The van der Waals surface area contributed by atoms with Gasteiger partial charge in [-0.2, -0.15) is 0 Å². The second kappa shape index (κ2) is 7.58. The smallest absolute Gasteiger partial charge is 0.410 e. The van der Waals surface area contributed by atoms with Gasteiger partial charge in [0.1, 0.15) is 18.5 Å². The molecule has 1 amide bonds. The Bertz CT molecular complexity index is 417. The largest absolute Gasteiger partial charge is 0.467 e. The van der Waals surface area contributed by atoms with E-state index in [1.807, 2.05) is 0 Å². The summed E-state index contributed by atoms with van der Waals surface area (Å²) in [5.74, 6) is -0.514. The zero-order chi connectivity index (χ0) is 16.8. The van der Waals surface area contributed by atoms with Gasteiger partial charge in [-0.05, 0) is 33.6 Å². The van der Waals surface area contributed by atoms with E-state index in [-0.39, 0.29) is 13.0 Å². The molecule has 0 saturated carbocycles. The summed E-state index contributed by atoms with van der Waals surface area (Å²) in [6.45, 7) is 6.00. The van der Waals surface area contributed by atoms with Gasteiger partial charge in [-0.25, -0.2) is 9.59 Å². The molecule has 0 aliphatic carbocycles. The number of hydrogen-bond acceptors (Lipinski definition) is 6. The highest BCUT2D eigenvalue weighted by Crippen LogP contribution is 2.28. The fourth-order valence-corrected chi connectivity index (χ4v) is 2.40. The molecule has 1 heterocycles. The molecule has 0 aromatic carbocycles. The van der Waals surface area contributed by atoms with Gasteiger partial charge in [-0.1, -0.05) is 0 Å². The van der Waals surface area contributed by atoms with Crippen molar-refractivity contribution < 1.29 is 28.6 Å². The number of carbonyl (C=O) groups is 3. The van der Waals surface area contributed by atoms with E-state index in [1.54, 1.807) is 25.7 Å². The highest BCUT2D eigenvalue weighted by Gasteiger charge is 2.43. The molecule has 1 fully saturated rings. The number of aldehydes is 1. The van der Waals surface area contributed by atoms with E-state index < -0.39 is 23.3 Å². The summed E-state index contributed by atoms with van der Waals surface area (Å²) in [4.78, 5) is 36.3. The molecule has 1 aliphatic rings. The Kier molecular flexibility index (Phi) is 6.34. The lowest BCUT2D eigenvalue weighted by molar-refractivity contribution is -0.171. The van der Waals surface area contributed by atoms with Gasteiger partial charge in [0, 0.05) is 19.5 Å². The molecule has 7 heteroatoms. The summed E-state index contributed by atoms with van der Waals surface area (Å²) < 4.78 is 15.6. The Balaban J connectivity index is 2.78. The quantitative estimate of drug-likeness (QED) is 0.578. The van der Waals surface area contributed by atoms with Crippen molar-refractivity contribution in [2.24, 2.45) is 0 Å². The Labute approximate surface area is 130 Å². The standard InChI is InChI=1S/C15H25NO6/c1-14(2,3)22-13(19)16-8-5-6-15(7-9-16,12(18)20-4)21-11-10-17/h10H,5-9,11H2,1-4H3. The molecule has 0 spiro atoms. The van der Waals surface area contributed by atoms with Gasteiger partial charge in [0.25, 0.3) is 0 Å². The van der Waals surface area contributed by atoms with Gasteiger partial charge < -0.3 is 23.9 Å². The fourth-order valence-electron chi connectivity index (χ4n) is 2.40. The molecule has 1 rings (SSSR count). The number of carbonyl (C=O) groups excluding carboxylic acids is 3. The van der Waals surface area contributed by atoms with Crippen LogP contribution in [0, 0.1) is 0 Å². The molecular formula is C15H25NO6. The van der Waals surface area contributed by atoms with Crippen LogP contribution in [0.2, 0.25) is 0 Å². The molecule has 1 atom stereocenters. The summed E-state index contributed by atoms with van der Waals surface area (Å²) in [7, 11) is 1.28. The number of ether oxygens (including phenoxy) is 3. The first-order valence-electron chi connectivity index (χ1n) is 7.38. The highest BCUT2D eigenvalue weighted by molar-refractivity contribution is 5.80. The lowest BCUT2D eigenvalue weighted by atomic mass is 9.94. The van der Waals surface area contributed by atoms with Crippen LogP contribution in [0.15, 0.2) is 0 Å². The van der Waals surface area contributed by atoms with E-state index in [9.17, 15) is 14.4 Å². The van der Waals surface area contributed by atoms with Gasteiger partial charge >= 0.3 is 12.1 Å². The molecule has 1 aliphatic heterocycles. The lowest BCUT2D eigenvalue weighted by Crippen LogP contribution is -2.44. The van der Waals surface area contributed by atoms with E-state index in [2.05, 4.69) is 0 Å². The summed E-state index contributed by atoms with van der Waals surface area (Å²) in [5.41, 5.74) is -1.75. The third kappa shape index (κ3) is 4.98. The van der Waals surface area contributed by atoms with Crippen molar-refractivity contribution in [1.29, 1.82) is 0 Å². The first kappa shape index (κ1) is 18.4. The zero-order valence-electron chi connectivity index (χ0n) is 13.7. The van der Waals surface area contributed by atoms with Crippen LogP contribution in [0.1, 0.15) is 40.0 Å². The van der Waals surface area contributed by atoms with Crippen LogP contribution in [0.4, 0.5) is 4.79 Å². The van der Waals surface area contributed by atoms with Crippen molar-refractivity contribution in [2.75, 3.05) is 26.8 Å². The maximum Gasteiger partial charge on any atom is 0.410 e. The minimum Gasteiger partial charge on any atom is -0.467 e. The van der Waals surface area contributed by atoms with Gasteiger partial charge in [-0.3, -0.25) is 0 Å². The molecule has 0 radical (unpaired) electrons. The van der Waals surface area contributed by atoms with Crippen molar-refractivity contribution in [3.8, 4) is 0 Å². The third-order valence-electron chi connectivity index (χ3n) is 3.43. The number of hydrogen-bond donors (Lipinski definition) is 0. The van der Waals surface area contributed by atoms with Gasteiger partial charge in [-0.15, -0.1) is 0 Å². The number of rotatable bonds is 4. The van der Waals surface area contributed by atoms with Crippen LogP contribution < -0.4 is 0 Å². The molecule has 0 aromatic heterocycles. The number of methoxy groups -OCH3 is 1. The van der Waals surface area contributed by atoms with Crippen molar-refractivity contribution in [2.45, 2.75) is 51.2 Å².